The lowest BCUT2D eigenvalue weighted by Gasteiger charge is -2.20. The zero-order valence-electron chi connectivity index (χ0n) is 29.6. The highest BCUT2D eigenvalue weighted by molar-refractivity contribution is 7.47. The number of carboxylic acid groups (broad SMARTS) is 1. The maximum Gasteiger partial charge on any atom is 0.472 e. The molecule has 3 atom stereocenters. The van der Waals surface area contributed by atoms with E-state index in [4.69, 9.17) is 24.8 Å². The minimum Gasteiger partial charge on any atom is -0.480 e. The number of carbonyl (C=O) groups excluding carboxylic acids is 2. The van der Waals surface area contributed by atoms with Gasteiger partial charge in [-0.1, -0.05) is 149 Å². The molecule has 4 N–H and O–H groups in total. The first-order chi connectivity index (χ1) is 22.6. The van der Waals surface area contributed by atoms with Gasteiger partial charge in [-0.3, -0.25) is 23.4 Å². The molecule has 12 heteroatoms. The van der Waals surface area contributed by atoms with Crippen molar-refractivity contribution in [3.05, 3.63) is 0 Å². The molecular formula is C35H68NO10P. The fourth-order valence-electron chi connectivity index (χ4n) is 5.12. The second kappa shape index (κ2) is 31.7. The largest absolute Gasteiger partial charge is 0.480 e. The van der Waals surface area contributed by atoms with E-state index in [1.807, 2.05) is 0 Å². The Morgan fingerprint density at radius 3 is 1.34 bits per heavy atom. The van der Waals surface area contributed by atoms with Crippen LogP contribution in [-0.4, -0.2) is 59.9 Å². The van der Waals surface area contributed by atoms with E-state index in [0.717, 1.165) is 38.5 Å². The van der Waals surface area contributed by atoms with Gasteiger partial charge in [-0.2, -0.15) is 0 Å². The SMILES string of the molecule is CCCCCCCCCCCCCCCCCC(=O)OC(COC(=O)CCCCCCCCCC)COP(=O)(O)OCC(N)C(=O)O. The Balaban J connectivity index is 4.38. The van der Waals surface area contributed by atoms with Crippen molar-refractivity contribution in [3.63, 3.8) is 0 Å². The minimum atomic E-state index is -4.70. The first kappa shape index (κ1) is 45.5. The summed E-state index contributed by atoms with van der Waals surface area (Å²) in [7, 11) is -4.70. The average molecular weight is 694 g/mol. The topological polar surface area (TPSA) is 172 Å². The minimum absolute atomic E-state index is 0.168. The van der Waals surface area contributed by atoms with Gasteiger partial charge in [0.25, 0.3) is 0 Å². The van der Waals surface area contributed by atoms with Crippen LogP contribution < -0.4 is 5.73 Å². The first-order valence-electron chi connectivity index (χ1n) is 18.6. The van der Waals surface area contributed by atoms with Gasteiger partial charge < -0.3 is 25.2 Å². The van der Waals surface area contributed by atoms with E-state index >= 15 is 0 Å². The molecule has 0 aliphatic rings. The zero-order valence-corrected chi connectivity index (χ0v) is 30.5. The lowest BCUT2D eigenvalue weighted by molar-refractivity contribution is -0.161. The Bertz CT molecular complexity index is 828. The molecule has 0 bridgehead atoms. The molecule has 3 unspecified atom stereocenters. The number of nitrogens with two attached hydrogens (primary N) is 1. The molecule has 0 aliphatic carbocycles. The highest BCUT2D eigenvalue weighted by Crippen LogP contribution is 2.43. The van der Waals surface area contributed by atoms with Crippen LogP contribution in [-0.2, 0) is 37.5 Å². The highest BCUT2D eigenvalue weighted by atomic mass is 31.2. The highest BCUT2D eigenvalue weighted by Gasteiger charge is 2.28. The lowest BCUT2D eigenvalue weighted by Crippen LogP contribution is -2.34. The molecule has 0 spiro atoms. The molecule has 278 valence electrons. The molecule has 0 aromatic heterocycles. The van der Waals surface area contributed by atoms with E-state index in [-0.39, 0.29) is 19.4 Å². The van der Waals surface area contributed by atoms with Crippen molar-refractivity contribution in [1.29, 1.82) is 0 Å². The van der Waals surface area contributed by atoms with E-state index in [1.54, 1.807) is 0 Å². The van der Waals surface area contributed by atoms with Gasteiger partial charge in [0.1, 0.15) is 12.6 Å². The third-order valence-corrected chi connectivity index (χ3v) is 9.06. The molecule has 0 amide bonds. The molecule has 0 radical (unpaired) electrons. The number of carbonyl (C=O) groups is 3. The molecule has 0 rings (SSSR count). The van der Waals surface area contributed by atoms with Crippen molar-refractivity contribution in [1.82, 2.24) is 0 Å². The number of esters is 2. The number of hydrogen-bond acceptors (Lipinski definition) is 9. The number of hydrogen-bond donors (Lipinski definition) is 3. The van der Waals surface area contributed by atoms with Gasteiger partial charge in [0, 0.05) is 12.8 Å². The third kappa shape index (κ3) is 31.5. The summed E-state index contributed by atoms with van der Waals surface area (Å²) >= 11 is 0. The Kier molecular flexibility index (Phi) is 30.7. The van der Waals surface area contributed by atoms with E-state index in [1.165, 1.54) is 96.3 Å². The fraction of sp³-hybridized carbons (Fsp3) is 0.914. The summed E-state index contributed by atoms with van der Waals surface area (Å²) in [5, 5.41) is 8.83. The predicted octanol–water partition coefficient (Wildman–Crippen LogP) is 8.78. The number of phosphoric acid groups is 1. The van der Waals surface area contributed by atoms with Crippen LogP contribution in [0.5, 0.6) is 0 Å². The predicted molar refractivity (Wildman–Crippen MR) is 185 cm³/mol. The van der Waals surface area contributed by atoms with Crippen LogP contribution >= 0.6 is 7.82 Å². The molecule has 0 aromatic rings. The Hall–Kier alpha value is -1.52. The summed E-state index contributed by atoms with van der Waals surface area (Å²) in [4.78, 5) is 45.5. The van der Waals surface area contributed by atoms with Crippen LogP contribution in [0.15, 0.2) is 0 Å². The van der Waals surface area contributed by atoms with Crippen molar-refractivity contribution in [2.24, 2.45) is 5.73 Å². The number of rotatable bonds is 35. The Morgan fingerprint density at radius 1 is 0.574 bits per heavy atom. The van der Waals surface area contributed by atoms with Gasteiger partial charge in [0.15, 0.2) is 6.10 Å². The van der Waals surface area contributed by atoms with Gasteiger partial charge in [0.2, 0.25) is 0 Å². The Labute approximate surface area is 285 Å². The normalized spacial score (nSPS) is 14.0. The van der Waals surface area contributed by atoms with Gasteiger partial charge in [0.05, 0.1) is 13.2 Å². The van der Waals surface area contributed by atoms with Gasteiger partial charge >= 0.3 is 25.7 Å². The standard InChI is InChI=1S/C35H68NO10P/c1-3-5-7-9-11-13-14-15-16-17-18-19-21-23-25-27-34(38)46-31(29-44-47(41,42)45-30-32(36)35(39)40)28-43-33(37)26-24-22-20-12-10-8-6-4-2/h31-32H,3-30,36H2,1-2H3,(H,39,40)(H,41,42). The Morgan fingerprint density at radius 2 is 0.936 bits per heavy atom. The van der Waals surface area contributed by atoms with E-state index in [2.05, 4.69) is 18.4 Å². The first-order valence-corrected chi connectivity index (χ1v) is 20.1. The smallest absolute Gasteiger partial charge is 0.472 e. The molecule has 0 saturated heterocycles. The summed E-state index contributed by atoms with van der Waals surface area (Å²) in [6, 6.07) is -1.51. The summed E-state index contributed by atoms with van der Waals surface area (Å²) in [5.74, 6) is -2.37. The molecule has 47 heavy (non-hydrogen) atoms. The second-order valence-corrected chi connectivity index (χ2v) is 14.2. The lowest BCUT2D eigenvalue weighted by atomic mass is 10.0. The van der Waals surface area contributed by atoms with Crippen LogP contribution in [0.4, 0.5) is 0 Å². The average Bonchev–Trinajstić information content (AvgIpc) is 3.04. The van der Waals surface area contributed by atoms with Crippen molar-refractivity contribution in [3.8, 4) is 0 Å². The fourth-order valence-corrected chi connectivity index (χ4v) is 5.90. The number of ether oxygens (including phenoxy) is 2. The molecule has 11 nitrogen and oxygen atoms in total. The van der Waals surface area contributed by atoms with Crippen molar-refractivity contribution in [2.75, 3.05) is 19.8 Å². The molecule has 0 aliphatic heterocycles. The van der Waals surface area contributed by atoms with Gasteiger partial charge in [-0.25, -0.2) is 4.57 Å². The van der Waals surface area contributed by atoms with E-state index < -0.39 is 51.1 Å². The summed E-state index contributed by atoms with van der Waals surface area (Å²) < 4.78 is 32.5. The quantitative estimate of drug-likeness (QED) is 0.0329. The van der Waals surface area contributed by atoms with Crippen LogP contribution in [0.25, 0.3) is 0 Å². The molecular weight excluding hydrogens is 625 g/mol. The summed E-state index contributed by atoms with van der Waals surface area (Å²) in [6.45, 7) is 2.76. The van der Waals surface area contributed by atoms with Gasteiger partial charge in [-0.05, 0) is 12.8 Å². The number of aliphatic carboxylic acids is 1. The summed E-state index contributed by atoms with van der Waals surface area (Å²) in [5.41, 5.74) is 5.30. The maximum absolute atomic E-state index is 12.5. The molecule has 0 heterocycles. The van der Waals surface area contributed by atoms with Crippen molar-refractivity contribution >= 4 is 25.7 Å². The molecule has 0 saturated carbocycles. The van der Waals surface area contributed by atoms with Crippen LogP contribution in [0.3, 0.4) is 0 Å². The molecule has 0 aromatic carbocycles. The number of unbranched alkanes of at least 4 members (excludes halogenated alkanes) is 21. The molecule has 0 fully saturated rings. The third-order valence-electron chi connectivity index (χ3n) is 8.11. The zero-order chi connectivity index (χ0) is 35.0. The van der Waals surface area contributed by atoms with Crippen LogP contribution in [0.1, 0.15) is 174 Å². The number of carboxylic acids is 1. The van der Waals surface area contributed by atoms with Crippen LogP contribution in [0.2, 0.25) is 0 Å². The number of phosphoric ester groups is 1. The second-order valence-electron chi connectivity index (χ2n) is 12.7. The monoisotopic (exact) mass is 693 g/mol. The van der Waals surface area contributed by atoms with Gasteiger partial charge in [-0.15, -0.1) is 0 Å². The van der Waals surface area contributed by atoms with E-state index in [9.17, 15) is 23.8 Å². The summed E-state index contributed by atoms with van der Waals surface area (Å²) in [6.07, 6.45) is 26.2. The van der Waals surface area contributed by atoms with Crippen molar-refractivity contribution < 1.29 is 47.5 Å². The van der Waals surface area contributed by atoms with Crippen molar-refractivity contribution in [2.45, 2.75) is 187 Å². The maximum atomic E-state index is 12.5. The van der Waals surface area contributed by atoms with Crippen LogP contribution in [0, 0.1) is 0 Å². The van der Waals surface area contributed by atoms with E-state index in [0.29, 0.717) is 12.8 Å².